The molecular formula is C14H14BrN5O2. The Kier molecular flexibility index (Phi) is 4.19. The highest BCUT2D eigenvalue weighted by molar-refractivity contribution is 9.10. The van der Waals surface area contributed by atoms with E-state index >= 15 is 0 Å². The van der Waals surface area contributed by atoms with Gasteiger partial charge in [-0.1, -0.05) is 0 Å². The second kappa shape index (κ2) is 6.27. The molecule has 1 fully saturated rings. The number of nitrogens with zero attached hydrogens (tertiary/aromatic N) is 4. The van der Waals surface area contributed by atoms with Gasteiger partial charge in [0.15, 0.2) is 0 Å². The summed E-state index contributed by atoms with van der Waals surface area (Å²) in [6.07, 6.45) is 2.97. The fourth-order valence-electron chi connectivity index (χ4n) is 2.08. The number of halogens is 1. The van der Waals surface area contributed by atoms with Gasteiger partial charge in [0, 0.05) is 16.9 Å². The quantitative estimate of drug-likeness (QED) is 0.899. The Morgan fingerprint density at radius 1 is 1.36 bits per heavy atom. The molecule has 7 nitrogen and oxygen atoms in total. The molecule has 1 aliphatic rings. The van der Waals surface area contributed by atoms with E-state index in [-0.39, 0.29) is 12.1 Å². The van der Waals surface area contributed by atoms with Crippen LogP contribution in [0.4, 0.5) is 16.6 Å². The van der Waals surface area contributed by atoms with Crippen molar-refractivity contribution in [2.45, 2.75) is 13.0 Å². The summed E-state index contributed by atoms with van der Waals surface area (Å²) in [5.41, 5.74) is 0.873. The van der Waals surface area contributed by atoms with Crippen LogP contribution < -0.4 is 10.2 Å². The lowest BCUT2D eigenvalue weighted by atomic mass is 10.2. The monoisotopic (exact) mass is 363 g/mol. The number of ether oxygens (including phenoxy) is 1. The number of pyridine rings is 1. The van der Waals surface area contributed by atoms with E-state index in [1.165, 1.54) is 4.90 Å². The molecule has 0 saturated carbocycles. The number of rotatable bonds is 4. The number of cyclic esters (lactones) is 1. The van der Waals surface area contributed by atoms with Gasteiger partial charge >= 0.3 is 6.09 Å². The number of carbonyl (C=O) groups excluding carboxylic acids is 1. The van der Waals surface area contributed by atoms with E-state index in [1.54, 1.807) is 18.5 Å². The number of amides is 1. The van der Waals surface area contributed by atoms with Gasteiger partial charge in [0.2, 0.25) is 5.95 Å². The zero-order valence-electron chi connectivity index (χ0n) is 11.9. The first-order chi connectivity index (χ1) is 10.6. The Morgan fingerprint density at radius 3 is 2.91 bits per heavy atom. The second-order valence-electron chi connectivity index (χ2n) is 4.77. The minimum atomic E-state index is -0.382. The smallest absolute Gasteiger partial charge is 0.415 e. The third-order valence-electron chi connectivity index (χ3n) is 3.22. The normalized spacial score (nSPS) is 15.5. The van der Waals surface area contributed by atoms with E-state index in [9.17, 15) is 4.79 Å². The van der Waals surface area contributed by atoms with Crippen LogP contribution in [0.2, 0.25) is 0 Å². The summed E-state index contributed by atoms with van der Waals surface area (Å²) in [6, 6.07) is 5.47. The van der Waals surface area contributed by atoms with Crippen LogP contribution in [0.1, 0.15) is 18.7 Å². The average Bonchev–Trinajstić information content (AvgIpc) is 2.94. The van der Waals surface area contributed by atoms with Crippen LogP contribution in [0.3, 0.4) is 0 Å². The Morgan fingerprint density at radius 2 is 2.23 bits per heavy atom. The van der Waals surface area contributed by atoms with Gasteiger partial charge in [-0.15, -0.1) is 0 Å². The van der Waals surface area contributed by atoms with E-state index in [1.807, 2.05) is 19.1 Å². The number of aromatic nitrogens is 3. The molecule has 114 valence electrons. The molecule has 0 bridgehead atoms. The van der Waals surface area contributed by atoms with Crippen molar-refractivity contribution < 1.29 is 9.53 Å². The topological polar surface area (TPSA) is 80.2 Å². The van der Waals surface area contributed by atoms with Crippen LogP contribution in [0.25, 0.3) is 0 Å². The van der Waals surface area contributed by atoms with Gasteiger partial charge in [-0.25, -0.2) is 9.78 Å². The van der Waals surface area contributed by atoms with Crippen LogP contribution in [-0.4, -0.2) is 34.2 Å². The molecule has 8 heteroatoms. The fraction of sp³-hybridized carbons (Fsp3) is 0.286. The highest BCUT2D eigenvalue weighted by Crippen LogP contribution is 2.20. The van der Waals surface area contributed by atoms with Gasteiger partial charge in [0.25, 0.3) is 0 Å². The molecule has 2 aromatic heterocycles. The van der Waals surface area contributed by atoms with E-state index in [2.05, 4.69) is 36.2 Å². The first-order valence-corrected chi connectivity index (χ1v) is 7.58. The lowest BCUT2D eigenvalue weighted by Crippen LogP contribution is -2.25. The fourth-order valence-corrected chi connectivity index (χ4v) is 2.32. The molecule has 0 aromatic carbocycles. The zero-order chi connectivity index (χ0) is 15.5. The lowest BCUT2D eigenvalue weighted by molar-refractivity contribution is 0.181. The lowest BCUT2D eigenvalue weighted by Gasteiger charge is -2.16. The first kappa shape index (κ1) is 14.7. The van der Waals surface area contributed by atoms with Crippen molar-refractivity contribution in [1.82, 2.24) is 15.0 Å². The van der Waals surface area contributed by atoms with Crippen LogP contribution in [0, 0.1) is 0 Å². The highest BCUT2D eigenvalue weighted by atomic mass is 79.9. The maximum absolute atomic E-state index is 11.6. The van der Waals surface area contributed by atoms with Crippen LogP contribution in [0.5, 0.6) is 0 Å². The van der Waals surface area contributed by atoms with Gasteiger partial charge in [-0.05, 0) is 41.1 Å². The zero-order valence-corrected chi connectivity index (χ0v) is 13.4. The minimum Gasteiger partial charge on any atom is -0.447 e. The molecule has 0 radical (unpaired) electrons. The summed E-state index contributed by atoms with van der Waals surface area (Å²) in [7, 11) is 0. The molecule has 1 N–H and O–H groups in total. The molecule has 1 atom stereocenters. The Hall–Kier alpha value is -2.22. The van der Waals surface area contributed by atoms with Gasteiger partial charge in [0.1, 0.15) is 12.4 Å². The molecule has 22 heavy (non-hydrogen) atoms. The van der Waals surface area contributed by atoms with Crippen molar-refractivity contribution in [3.05, 3.63) is 40.8 Å². The van der Waals surface area contributed by atoms with Gasteiger partial charge in [-0.3, -0.25) is 9.88 Å². The molecule has 1 aliphatic heterocycles. The maximum atomic E-state index is 11.6. The van der Waals surface area contributed by atoms with Crippen LogP contribution in [-0.2, 0) is 4.74 Å². The summed E-state index contributed by atoms with van der Waals surface area (Å²) in [6.45, 7) is 2.85. The van der Waals surface area contributed by atoms with Crippen molar-refractivity contribution in [3.8, 4) is 0 Å². The summed E-state index contributed by atoms with van der Waals surface area (Å²) < 4.78 is 5.84. The van der Waals surface area contributed by atoms with Crippen molar-refractivity contribution >= 4 is 33.8 Å². The molecule has 3 heterocycles. The van der Waals surface area contributed by atoms with Gasteiger partial charge in [0.05, 0.1) is 18.3 Å². The summed E-state index contributed by atoms with van der Waals surface area (Å²) in [5, 5.41) is 3.18. The standard InChI is InChI=1S/C14H14BrN5O2/c1-9(11-3-2-10(15)8-17-11)18-13-16-5-4-12(19-13)20-6-7-22-14(20)21/h2-5,8-9H,6-7H2,1H3,(H,16,18,19). The Labute approximate surface area is 135 Å². The number of hydrogen-bond acceptors (Lipinski definition) is 6. The first-order valence-electron chi connectivity index (χ1n) is 6.79. The van der Waals surface area contributed by atoms with E-state index < -0.39 is 0 Å². The minimum absolute atomic E-state index is 0.0612. The highest BCUT2D eigenvalue weighted by Gasteiger charge is 2.25. The molecule has 2 aromatic rings. The summed E-state index contributed by atoms with van der Waals surface area (Å²) in [5.74, 6) is 0.963. The summed E-state index contributed by atoms with van der Waals surface area (Å²) >= 11 is 3.36. The Balaban J connectivity index is 1.75. The molecule has 0 aliphatic carbocycles. The SMILES string of the molecule is CC(Nc1nccc(N2CCOC2=O)n1)c1ccc(Br)cn1. The van der Waals surface area contributed by atoms with Gasteiger partial charge in [-0.2, -0.15) is 4.98 Å². The predicted molar refractivity (Wildman–Crippen MR) is 84.7 cm³/mol. The molecule has 1 amide bonds. The molecular weight excluding hydrogens is 350 g/mol. The molecule has 1 unspecified atom stereocenters. The number of nitrogens with one attached hydrogen (secondary N) is 1. The van der Waals surface area contributed by atoms with Crippen molar-refractivity contribution in [2.24, 2.45) is 0 Å². The number of anilines is 2. The molecule has 0 spiro atoms. The molecule has 3 rings (SSSR count). The predicted octanol–water partition coefficient (Wildman–Crippen LogP) is 2.76. The van der Waals surface area contributed by atoms with Crippen molar-refractivity contribution in [3.63, 3.8) is 0 Å². The third-order valence-corrected chi connectivity index (χ3v) is 3.69. The van der Waals surface area contributed by atoms with Crippen molar-refractivity contribution in [2.75, 3.05) is 23.4 Å². The summed E-state index contributed by atoms with van der Waals surface area (Å²) in [4.78, 5) is 25.9. The van der Waals surface area contributed by atoms with Crippen LogP contribution >= 0.6 is 15.9 Å². The average molecular weight is 364 g/mol. The third kappa shape index (κ3) is 3.16. The Bertz CT molecular complexity index is 679. The molecule has 1 saturated heterocycles. The van der Waals surface area contributed by atoms with Crippen molar-refractivity contribution in [1.29, 1.82) is 0 Å². The van der Waals surface area contributed by atoms with E-state index in [4.69, 9.17) is 4.74 Å². The van der Waals surface area contributed by atoms with E-state index in [0.717, 1.165) is 10.2 Å². The van der Waals surface area contributed by atoms with Gasteiger partial charge < -0.3 is 10.1 Å². The number of hydrogen-bond donors (Lipinski definition) is 1. The largest absolute Gasteiger partial charge is 0.447 e. The second-order valence-corrected chi connectivity index (χ2v) is 5.69. The maximum Gasteiger partial charge on any atom is 0.415 e. The van der Waals surface area contributed by atoms with E-state index in [0.29, 0.717) is 24.9 Å². The van der Waals surface area contributed by atoms with Crippen LogP contribution in [0.15, 0.2) is 35.1 Å². The number of carbonyl (C=O) groups is 1.